The molecule has 0 bridgehead atoms. The van der Waals surface area contributed by atoms with Gasteiger partial charge in [-0.15, -0.1) is 0 Å². The first-order valence-electron chi connectivity index (χ1n) is 8.48. The molecule has 0 atom stereocenters. The molecule has 1 aromatic rings. The Morgan fingerprint density at radius 1 is 1.08 bits per heavy atom. The fraction of sp³-hybridized carbons (Fsp3) is 0.529. The van der Waals surface area contributed by atoms with Gasteiger partial charge in [0.15, 0.2) is 0 Å². The van der Waals surface area contributed by atoms with Gasteiger partial charge in [0, 0.05) is 18.9 Å². The van der Waals surface area contributed by atoms with Crippen molar-refractivity contribution in [1.29, 1.82) is 0 Å². The first kappa shape index (κ1) is 17.9. The molecule has 0 unspecified atom stereocenters. The number of methoxy groups -OCH3 is 1. The van der Waals surface area contributed by atoms with E-state index in [0.717, 1.165) is 37.0 Å². The fourth-order valence-electron chi connectivity index (χ4n) is 3.36. The van der Waals surface area contributed by atoms with E-state index >= 15 is 0 Å². The van der Waals surface area contributed by atoms with Crippen molar-refractivity contribution in [2.24, 2.45) is 0 Å². The number of rotatable bonds is 5. The zero-order valence-corrected chi connectivity index (χ0v) is 15.0. The van der Waals surface area contributed by atoms with E-state index in [1.807, 2.05) is 0 Å². The topological polar surface area (TPSA) is 92.8 Å². The maximum Gasteiger partial charge on any atom is 0.240 e. The van der Waals surface area contributed by atoms with Crippen LogP contribution in [0.3, 0.4) is 0 Å². The highest BCUT2D eigenvalue weighted by Gasteiger charge is 2.33. The highest BCUT2D eigenvalue weighted by Crippen LogP contribution is 2.34. The number of amides is 2. The molecule has 7 nitrogen and oxygen atoms in total. The molecule has 0 spiro atoms. The van der Waals surface area contributed by atoms with Crippen LogP contribution in [-0.4, -0.2) is 33.4 Å². The van der Waals surface area contributed by atoms with Gasteiger partial charge >= 0.3 is 0 Å². The normalized spacial score (nSPS) is 19.5. The van der Waals surface area contributed by atoms with Gasteiger partial charge in [0.2, 0.25) is 21.8 Å². The Kier molecular flexibility index (Phi) is 5.10. The van der Waals surface area contributed by atoms with Crippen LogP contribution in [0.2, 0.25) is 0 Å². The van der Waals surface area contributed by atoms with Gasteiger partial charge in [-0.3, -0.25) is 9.59 Å². The van der Waals surface area contributed by atoms with Crippen LogP contribution in [0.4, 0.5) is 5.69 Å². The average Bonchev–Trinajstić information content (AvgIpc) is 2.93. The molecule has 25 heavy (non-hydrogen) atoms. The highest BCUT2D eigenvalue weighted by molar-refractivity contribution is 7.89. The molecule has 1 N–H and O–H groups in total. The molecule has 1 aliphatic heterocycles. The van der Waals surface area contributed by atoms with Gasteiger partial charge in [0.25, 0.3) is 0 Å². The van der Waals surface area contributed by atoms with Crippen LogP contribution in [0.5, 0.6) is 5.75 Å². The number of nitrogens with zero attached hydrogens (tertiary/aromatic N) is 1. The molecule has 2 amide bonds. The van der Waals surface area contributed by atoms with Crippen molar-refractivity contribution in [2.45, 2.75) is 55.9 Å². The molecular weight excluding hydrogens is 344 g/mol. The molecule has 1 aliphatic carbocycles. The third-order valence-corrected chi connectivity index (χ3v) is 6.20. The van der Waals surface area contributed by atoms with Gasteiger partial charge in [0.1, 0.15) is 5.75 Å². The Hall–Kier alpha value is -1.93. The molecule has 3 rings (SSSR count). The summed E-state index contributed by atoms with van der Waals surface area (Å²) in [7, 11) is -2.31. The lowest BCUT2D eigenvalue weighted by Gasteiger charge is -2.23. The number of imide groups is 1. The van der Waals surface area contributed by atoms with Crippen LogP contribution < -0.4 is 14.4 Å². The molecule has 0 aromatic heterocycles. The molecule has 136 valence electrons. The van der Waals surface area contributed by atoms with E-state index in [4.69, 9.17) is 4.74 Å². The number of ether oxygens (including phenoxy) is 1. The Morgan fingerprint density at radius 2 is 1.72 bits per heavy atom. The van der Waals surface area contributed by atoms with Crippen LogP contribution in [0, 0.1) is 0 Å². The molecule has 2 fully saturated rings. The van der Waals surface area contributed by atoms with Gasteiger partial charge in [0.05, 0.1) is 17.7 Å². The van der Waals surface area contributed by atoms with Gasteiger partial charge in [-0.2, -0.15) is 0 Å². The molecule has 2 aliphatic rings. The second-order valence-corrected chi connectivity index (χ2v) is 8.13. The number of anilines is 1. The maximum absolute atomic E-state index is 12.7. The predicted molar refractivity (Wildman–Crippen MR) is 91.9 cm³/mol. The molecule has 0 radical (unpaired) electrons. The summed E-state index contributed by atoms with van der Waals surface area (Å²) in [5, 5.41) is 0. The fourth-order valence-corrected chi connectivity index (χ4v) is 4.69. The summed E-state index contributed by atoms with van der Waals surface area (Å²) in [4.78, 5) is 25.1. The molecular formula is C17H22N2O5S. The van der Waals surface area contributed by atoms with E-state index < -0.39 is 10.0 Å². The summed E-state index contributed by atoms with van der Waals surface area (Å²) >= 11 is 0. The summed E-state index contributed by atoms with van der Waals surface area (Å²) in [5.74, 6) is -0.406. The minimum atomic E-state index is -3.73. The molecule has 8 heteroatoms. The van der Waals surface area contributed by atoms with Crippen molar-refractivity contribution in [3.8, 4) is 5.75 Å². The van der Waals surface area contributed by atoms with Crippen LogP contribution in [0.1, 0.15) is 44.9 Å². The second-order valence-electron chi connectivity index (χ2n) is 6.41. The van der Waals surface area contributed by atoms with Crippen molar-refractivity contribution in [1.82, 2.24) is 4.72 Å². The SMILES string of the molecule is COc1ccc(S(=O)(=O)NC2CCCCC2)cc1N1C(=O)CCC1=O. The summed E-state index contributed by atoms with van der Waals surface area (Å²) < 4.78 is 33.3. The first-order chi connectivity index (χ1) is 11.9. The zero-order valence-electron chi connectivity index (χ0n) is 14.2. The number of hydrogen-bond donors (Lipinski definition) is 1. The van der Waals surface area contributed by atoms with Crippen LogP contribution >= 0.6 is 0 Å². The average molecular weight is 366 g/mol. The smallest absolute Gasteiger partial charge is 0.240 e. The molecule has 1 saturated carbocycles. The number of benzene rings is 1. The van der Waals surface area contributed by atoms with E-state index in [1.54, 1.807) is 0 Å². The van der Waals surface area contributed by atoms with E-state index in [9.17, 15) is 18.0 Å². The molecule has 1 aromatic carbocycles. The summed E-state index contributed by atoms with van der Waals surface area (Å²) in [6.07, 6.45) is 5.05. The van der Waals surface area contributed by atoms with Crippen molar-refractivity contribution in [2.75, 3.05) is 12.0 Å². The van der Waals surface area contributed by atoms with Crippen LogP contribution in [0.15, 0.2) is 23.1 Å². The maximum atomic E-state index is 12.7. The van der Waals surface area contributed by atoms with Crippen LogP contribution in [-0.2, 0) is 19.6 Å². The lowest BCUT2D eigenvalue weighted by Crippen LogP contribution is -2.36. The van der Waals surface area contributed by atoms with Gasteiger partial charge in [-0.25, -0.2) is 18.0 Å². The van der Waals surface area contributed by atoms with Gasteiger partial charge < -0.3 is 4.74 Å². The van der Waals surface area contributed by atoms with Crippen LogP contribution in [0.25, 0.3) is 0 Å². The second kappa shape index (κ2) is 7.13. The zero-order chi connectivity index (χ0) is 18.0. The summed E-state index contributed by atoms with van der Waals surface area (Å²) in [6, 6.07) is 4.17. The third kappa shape index (κ3) is 3.69. The summed E-state index contributed by atoms with van der Waals surface area (Å²) in [6.45, 7) is 0. The Labute approximate surface area is 147 Å². The van der Waals surface area contributed by atoms with E-state index in [2.05, 4.69) is 4.72 Å². The largest absolute Gasteiger partial charge is 0.495 e. The first-order valence-corrected chi connectivity index (χ1v) is 9.97. The lowest BCUT2D eigenvalue weighted by molar-refractivity contribution is -0.121. The molecule has 1 saturated heterocycles. The van der Waals surface area contributed by atoms with E-state index in [1.165, 1.54) is 25.3 Å². The van der Waals surface area contributed by atoms with Crippen molar-refractivity contribution in [3.05, 3.63) is 18.2 Å². The van der Waals surface area contributed by atoms with E-state index in [0.29, 0.717) is 5.75 Å². The van der Waals surface area contributed by atoms with Crippen molar-refractivity contribution in [3.63, 3.8) is 0 Å². The number of carbonyl (C=O) groups is 2. The Morgan fingerprint density at radius 3 is 2.32 bits per heavy atom. The minimum Gasteiger partial charge on any atom is -0.495 e. The Bertz CT molecular complexity index is 768. The highest BCUT2D eigenvalue weighted by atomic mass is 32.2. The number of carbonyl (C=O) groups excluding carboxylic acids is 2. The van der Waals surface area contributed by atoms with Crippen molar-refractivity contribution < 1.29 is 22.7 Å². The standard InChI is InChI=1S/C17H22N2O5S/c1-24-15-8-7-13(11-14(15)19-16(20)9-10-17(19)21)25(22,23)18-12-5-3-2-4-6-12/h7-8,11-12,18H,2-6,9-10H2,1H3. The number of sulfonamides is 1. The quantitative estimate of drug-likeness (QED) is 0.804. The van der Waals surface area contributed by atoms with Crippen molar-refractivity contribution >= 4 is 27.5 Å². The Balaban J connectivity index is 1.93. The lowest BCUT2D eigenvalue weighted by atomic mass is 9.96. The number of nitrogens with one attached hydrogen (secondary N) is 1. The molecule has 1 heterocycles. The van der Waals surface area contributed by atoms with Gasteiger partial charge in [-0.05, 0) is 31.0 Å². The summed E-state index contributed by atoms with van der Waals surface area (Å²) in [5.41, 5.74) is 0.182. The number of hydrogen-bond acceptors (Lipinski definition) is 5. The predicted octanol–water partition coefficient (Wildman–Crippen LogP) is 1.96. The van der Waals surface area contributed by atoms with E-state index in [-0.39, 0.29) is 41.3 Å². The third-order valence-electron chi connectivity index (χ3n) is 4.68. The monoisotopic (exact) mass is 366 g/mol. The van der Waals surface area contributed by atoms with Gasteiger partial charge in [-0.1, -0.05) is 19.3 Å². The minimum absolute atomic E-state index is 0.0290.